The van der Waals surface area contributed by atoms with Crippen molar-refractivity contribution in [2.24, 2.45) is 17.8 Å². The highest BCUT2D eigenvalue weighted by molar-refractivity contribution is 5.79. The fourth-order valence-corrected chi connectivity index (χ4v) is 1.71. The first-order valence-corrected chi connectivity index (χ1v) is 5.26. The van der Waals surface area contributed by atoms with Crippen molar-refractivity contribution in [3.63, 3.8) is 0 Å². The van der Waals surface area contributed by atoms with Crippen molar-refractivity contribution in [1.29, 1.82) is 0 Å². The SMILES string of the molecule is CC(CNC(=O)C1CNC1)C1CC1. The molecule has 3 nitrogen and oxygen atoms in total. The minimum absolute atomic E-state index is 0.242. The normalized spacial score (nSPS) is 25.0. The number of rotatable bonds is 4. The van der Waals surface area contributed by atoms with Gasteiger partial charge in [0.2, 0.25) is 5.91 Å². The van der Waals surface area contributed by atoms with Crippen molar-refractivity contribution >= 4 is 5.91 Å². The summed E-state index contributed by atoms with van der Waals surface area (Å²) in [7, 11) is 0. The van der Waals surface area contributed by atoms with Crippen molar-refractivity contribution < 1.29 is 4.79 Å². The summed E-state index contributed by atoms with van der Waals surface area (Å²) in [5.41, 5.74) is 0. The Labute approximate surface area is 79.3 Å². The Balaban J connectivity index is 1.62. The van der Waals surface area contributed by atoms with E-state index in [1.807, 2.05) is 0 Å². The van der Waals surface area contributed by atoms with Gasteiger partial charge in [0, 0.05) is 19.6 Å². The molecule has 74 valence electrons. The molecule has 1 unspecified atom stereocenters. The van der Waals surface area contributed by atoms with Gasteiger partial charge >= 0.3 is 0 Å². The van der Waals surface area contributed by atoms with Gasteiger partial charge in [-0.25, -0.2) is 0 Å². The molecule has 1 saturated carbocycles. The Morgan fingerprint density at radius 3 is 2.69 bits per heavy atom. The molecule has 0 aromatic rings. The quantitative estimate of drug-likeness (QED) is 0.659. The lowest BCUT2D eigenvalue weighted by atomic mass is 10.0. The predicted octanol–water partition coefficient (Wildman–Crippen LogP) is 0.368. The van der Waals surface area contributed by atoms with Gasteiger partial charge in [-0.15, -0.1) is 0 Å². The summed E-state index contributed by atoms with van der Waals surface area (Å²) in [6.45, 7) is 4.84. The van der Waals surface area contributed by atoms with Crippen LogP contribution in [0.1, 0.15) is 19.8 Å². The fourth-order valence-electron chi connectivity index (χ4n) is 1.71. The highest BCUT2D eigenvalue weighted by atomic mass is 16.2. The maximum Gasteiger partial charge on any atom is 0.225 e. The topological polar surface area (TPSA) is 41.1 Å². The molecule has 0 radical (unpaired) electrons. The highest BCUT2D eigenvalue weighted by Gasteiger charge is 2.29. The second-order valence-electron chi connectivity index (χ2n) is 4.42. The molecule has 0 spiro atoms. The van der Waals surface area contributed by atoms with E-state index in [9.17, 15) is 4.79 Å². The lowest BCUT2D eigenvalue weighted by molar-refractivity contribution is -0.126. The van der Waals surface area contributed by atoms with Gasteiger partial charge in [-0.1, -0.05) is 6.92 Å². The second-order valence-corrected chi connectivity index (χ2v) is 4.42. The molecule has 0 aromatic carbocycles. The third-order valence-electron chi connectivity index (χ3n) is 3.18. The molecule has 1 aliphatic heterocycles. The van der Waals surface area contributed by atoms with Crippen LogP contribution in [0.2, 0.25) is 0 Å². The van der Waals surface area contributed by atoms with Crippen molar-refractivity contribution in [1.82, 2.24) is 10.6 Å². The summed E-state index contributed by atoms with van der Waals surface area (Å²) >= 11 is 0. The molecular weight excluding hydrogens is 164 g/mol. The van der Waals surface area contributed by atoms with Crippen molar-refractivity contribution in [2.75, 3.05) is 19.6 Å². The summed E-state index contributed by atoms with van der Waals surface area (Å²) in [5.74, 6) is 2.05. The molecule has 3 heteroatoms. The van der Waals surface area contributed by atoms with Crippen molar-refractivity contribution in [3.8, 4) is 0 Å². The summed E-state index contributed by atoms with van der Waals surface area (Å²) in [5, 5.41) is 6.13. The standard InChI is InChI=1S/C10H18N2O/c1-7(8-2-3-8)4-12-10(13)9-5-11-6-9/h7-9,11H,2-6H2,1H3,(H,12,13). The minimum atomic E-state index is 0.242. The molecule has 2 fully saturated rings. The van der Waals surface area contributed by atoms with E-state index in [-0.39, 0.29) is 11.8 Å². The predicted molar refractivity (Wildman–Crippen MR) is 51.3 cm³/mol. The smallest absolute Gasteiger partial charge is 0.225 e. The molecule has 1 atom stereocenters. The van der Waals surface area contributed by atoms with Crippen LogP contribution in [0.4, 0.5) is 0 Å². The van der Waals surface area contributed by atoms with Gasteiger partial charge in [0.15, 0.2) is 0 Å². The van der Waals surface area contributed by atoms with Crippen molar-refractivity contribution in [2.45, 2.75) is 19.8 Å². The van der Waals surface area contributed by atoms with Gasteiger partial charge in [0.25, 0.3) is 0 Å². The average Bonchev–Trinajstić information content (AvgIpc) is 2.78. The first-order chi connectivity index (χ1) is 6.27. The molecule has 13 heavy (non-hydrogen) atoms. The molecule has 2 aliphatic rings. The van der Waals surface area contributed by atoms with Gasteiger partial charge in [-0.05, 0) is 24.7 Å². The van der Waals surface area contributed by atoms with E-state index in [0.717, 1.165) is 25.6 Å². The number of carbonyl (C=O) groups is 1. The number of hydrogen-bond acceptors (Lipinski definition) is 2. The van der Waals surface area contributed by atoms with Gasteiger partial charge in [-0.2, -0.15) is 0 Å². The first kappa shape index (κ1) is 9.00. The Bertz CT molecular complexity index is 197. The molecule has 1 amide bonds. The summed E-state index contributed by atoms with van der Waals surface area (Å²) < 4.78 is 0. The zero-order valence-electron chi connectivity index (χ0n) is 8.18. The fraction of sp³-hybridized carbons (Fsp3) is 0.900. The highest BCUT2D eigenvalue weighted by Crippen LogP contribution is 2.36. The first-order valence-electron chi connectivity index (χ1n) is 5.26. The molecular formula is C10H18N2O. The van der Waals surface area contributed by atoms with Gasteiger partial charge in [0.1, 0.15) is 0 Å². The summed E-state index contributed by atoms with van der Waals surface area (Å²) in [6, 6.07) is 0. The van der Waals surface area contributed by atoms with Gasteiger partial charge < -0.3 is 10.6 Å². The van der Waals surface area contributed by atoms with E-state index in [1.165, 1.54) is 12.8 Å². The van der Waals surface area contributed by atoms with Crippen LogP contribution >= 0.6 is 0 Å². The van der Waals surface area contributed by atoms with Crippen LogP contribution in [-0.2, 0) is 4.79 Å². The number of amides is 1. The lowest BCUT2D eigenvalue weighted by Crippen LogP contribution is -2.51. The van der Waals surface area contributed by atoms with E-state index < -0.39 is 0 Å². The molecule has 1 heterocycles. The van der Waals surface area contributed by atoms with Gasteiger partial charge in [0.05, 0.1) is 5.92 Å². The Morgan fingerprint density at radius 1 is 1.54 bits per heavy atom. The Kier molecular flexibility index (Phi) is 2.54. The minimum Gasteiger partial charge on any atom is -0.356 e. The maximum absolute atomic E-state index is 11.4. The van der Waals surface area contributed by atoms with Crippen LogP contribution < -0.4 is 10.6 Å². The zero-order chi connectivity index (χ0) is 9.26. The third kappa shape index (κ3) is 2.21. The van der Waals surface area contributed by atoms with Crippen LogP contribution in [0.3, 0.4) is 0 Å². The van der Waals surface area contributed by atoms with Crippen LogP contribution in [0.25, 0.3) is 0 Å². The second kappa shape index (κ2) is 3.66. The average molecular weight is 182 g/mol. The molecule has 1 saturated heterocycles. The van der Waals surface area contributed by atoms with Crippen LogP contribution in [0, 0.1) is 17.8 Å². The molecule has 2 N–H and O–H groups in total. The monoisotopic (exact) mass is 182 g/mol. The van der Waals surface area contributed by atoms with E-state index in [4.69, 9.17) is 0 Å². The van der Waals surface area contributed by atoms with E-state index in [0.29, 0.717) is 5.92 Å². The molecule has 1 aliphatic carbocycles. The van der Waals surface area contributed by atoms with Crippen LogP contribution in [-0.4, -0.2) is 25.5 Å². The third-order valence-corrected chi connectivity index (χ3v) is 3.18. The van der Waals surface area contributed by atoms with Crippen LogP contribution in [0.5, 0.6) is 0 Å². The number of hydrogen-bond donors (Lipinski definition) is 2. The Hall–Kier alpha value is -0.570. The zero-order valence-corrected chi connectivity index (χ0v) is 8.18. The van der Waals surface area contributed by atoms with E-state index in [2.05, 4.69) is 17.6 Å². The maximum atomic E-state index is 11.4. The van der Waals surface area contributed by atoms with E-state index >= 15 is 0 Å². The van der Waals surface area contributed by atoms with Crippen LogP contribution in [0.15, 0.2) is 0 Å². The lowest BCUT2D eigenvalue weighted by Gasteiger charge is -2.26. The summed E-state index contributed by atoms with van der Waals surface area (Å²) in [6.07, 6.45) is 2.73. The largest absolute Gasteiger partial charge is 0.356 e. The number of nitrogens with one attached hydrogen (secondary N) is 2. The number of carbonyl (C=O) groups excluding carboxylic acids is 1. The Morgan fingerprint density at radius 2 is 2.23 bits per heavy atom. The molecule has 0 bridgehead atoms. The van der Waals surface area contributed by atoms with Gasteiger partial charge in [-0.3, -0.25) is 4.79 Å². The molecule has 2 rings (SSSR count). The molecule has 0 aromatic heterocycles. The van der Waals surface area contributed by atoms with Crippen molar-refractivity contribution in [3.05, 3.63) is 0 Å². The summed E-state index contributed by atoms with van der Waals surface area (Å²) in [4.78, 5) is 11.4. The van der Waals surface area contributed by atoms with E-state index in [1.54, 1.807) is 0 Å².